The first-order chi connectivity index (χ1) is 17.7. The van der Waals surface area contributed by atoms with E-state index in [1.54, 1.807) is 0 Å². The molecule has 10 nitrogen and oxygen atoms in total. The van der Waals surface area contributed by atoms with Crippen molar-refractivity contribution in [1.29, 1.82) is 0 Å². The zero-order chi connectivity index (χ0) is 27.8. The predicted molar refractivity (Wildman–Crippen MR) is 119 cm³/mol. The van der Waals surface area contributed by atoms with Crippen LogP contribution in [0, 0.1) is 0 Å². The van der Waals surface area contributed by atoms with Crippen molar-refractivity contribution in [2.24, 2.45) is 5.73 Å². The van der Waals surface area contributed by atoms with Gasteiger partial charge < -0.3 is 5.73 Å². The highest BCUT2D eigenvalue weighted by atomic mass is 35.5. The van der Waals surface area contributed by atoms with Crippen LogP contribution in [0.5, 0.6) is 0 Å². The van der Waals surface area contributed by atoms with Crippen molar-refractivity contribution in [3.8, 4) is 17.1 Å². The maximum Gasteiger partial charge on any atom is 0.418 e. The van der Waals surface area contributed by atoms with Crippen LogP contribution in [0.25, 0.3) is 17.1 Å². The molecule has 0 unspecified atom stereocenters. The number of pyridine rings is 1. The van der Waals surface area contributed by atoms with Crippen molar-refractivity contribution >= 4 is 17.5 Å². The molecular formula is C21H15ClF6N8O2. The Labute approximate surface area is 213 Å². The van der Waals surface area contributed by atoms with Crippen molar-refractivity contribution in [1.82, 2.24) is 34.1 Å². The molecular weight excluding hydrogens is 546 g/mol. The third kappa shape index (κ3) is 5.69. The van der Waals surface area contributed by atoms with Gasteiger partial charge in [-0.2, -0.15) is 26.3 Å². The molecule has 200 valence electrons. The molecule has 0 aliphatic carbocycles. The number of alkyl halides is 6. The summed E-state index contributed by atoms with van der Waals surface area (Å²) in [6, 6.07) is 6.44. The molecule has 38 heavy (non-hydrogen) atoms. The Morgan fingerprint density at radius 1 is 1.03 bits per heavy atom. The van der Waals surface area contributed by atoms with Crippen LogP contribution in [-0.4, -0.2) is 46.2 Å². The van der Waals surface area contributed by atoms with Crippen LogP contribution in [0.3, 0.4) is 0 Å². The van der Waals surface area contributed by atoms with Gasteiger partial charge in [0.2, 0.25) is 5.82 Å². The largest absolute Gasteiger partial charge is 0.418 e. The van der Waals surface area contributed by atoms with Gasteiger partial charge in [-0.3, -0.25) is 14.3 Å². The van der Waals surface area contributed by atoms with E-state index in [1.807, 2.05) is 0 Å². The Kier molecular flexibility index (Phi) is 7.01. The molecule has 2 N–H and O–H groups in total. The number of nitrogens with zero attached hydrogens (tertiary/aromatic N) is 7. The standard InChI is InChI=1S/C21H15ClF6N8O2/c22-12-3-1-11(2-4-12)17-33-35(19(38)34(17)8-6-20(23,24)25)10-15-31-18(16(29)37)36(32-15)14-9-30-7-5-13(14)21(26,27)28/h1-5,7,9H,6,8,10H2,(H2,29,37). The second-order valence-electron chi connectivity index (χ2n) is 7.81. The minimum Gasteiger partial charge on any atom is -0.363 e. The normalized spacial score (nSPS) is 12.2. The lowest BCUT2D eigenvalue weighted by atomic mass is 10.2. The van der Waals surface area contributed by atoms with Gasteiger partial charge >= 0.3 is 18.0 Å². The molecule has 1 aromatic carbocycles. The molecule has 0 aliphatic heterocycles. The van der Waals surface area contributed by atoms with Gasteiger partial charge in [0.1, 0.15) is 6.54 Å². The maximum atomic E-state index is 13.5. The summed E-state index contributed by atoms with van der Waals surface area (Å²) in [5.74, 6) is -2.41. The number of hydrogen-bond donors (Lipinski definition) is 1. The van der Waals surface area contributed by atoms with Gasteiger partial charge in [0.15, 0.2) is 11.6 Å². The van der Waals surface area contributed by atoms with Crippen LogP contribution < -0.4 is 11.4 Å². The highest BCUT2D eigenvalue weighted by molar-refractivity contribution is 6.30. The van der Waals surface area contributed by atoms with Crippen LogP contribution in [0.2, 0.25) is 5.02 Å². The van der Waals surface area contributed by atoms with E-state index in [0.29, 0.717) is 15.8 Å². The van der Waals surface area contributed by atoms with Crippen molar-refractivity contribution < 1.29 is 31.1 Å². The lowest BCUT2D eigenvalue weighted by Gasteiger charge is -2.12. The smallest absolute Gasteiger partial charge is 0.363 e. The SMILES string of the molecule is NC(=O)c1nc(Cn2nc(-c3ccc(Cl)cc3)n(CCC(F)(F)F)c2=O)nn1-c1cnccc1C(F)(F)F. The van der Waals surface area contributed by atoms with Crippen LogP contribution in [0.1, 0.15) is 28.4 Å². The van der Waals surface area contributed by atoms with E-state index < -0.39 is 60.5 Å². The first-order valence-electron chi connectivity index (χ1n) is 10.5. The number of hydrogen-bond acceptors (Lipinski definition) is 6. The zero-order valence-electron chi connectivity index (χ0n) is 18.8. The van der Waals surface area contributed by atoms with E-state index >= 15 is 0 Å². The molecule has 1 amide bonds. The highest BCUT2D eigenvalue weighted by Crippen LogP contribution is 2.33. The zero-order valence-corrected chi connectivity index (χ0v) is 19.6. The molecule has 3 heterocycles. The van der Waals surface area contributed by atoms with E-state index in [4.69, 9.17) is 17.3 Å². The van der Waals surface area contributed by atoms with Crippen molar-refractivity contribution in [3.05, 3.63) is 75.4 Å². The summed E-state index contributed by atoms with van der Waals surface area (Å²) in [6.07, 6.45) is -9.07. The van der Waals surface area contributed by atoms with Crippen LogP contribution in [0.4, 0.5) is 26.3 Å². The first-order valence-corrected chi connectivity index (χ1v) is 10.9. The number of carbonyl (C=O) groups excluding carboxylic acids is 1. The fourth-order valence-electron chi connectivity index (χ4n) is 3.47. The number of rotatable bonds is 7. The molecule has 4 aromatic rings. The summed E-state index contributed by atoms with van der Waals surface area (Å²) in [7, 11) is 0. The summed E-state index contributed by atoms with van der Waals surface area (Å²) < 4.78 is 81.3. The Hall–Kier alpha value is -4.21. The fraction of sp³-hybridized carbons (Fsp3) is 0.238. The number of nitrogens with two attached hydrogens (primary N) is 1. The first kappa shape index (κ1) is 26.8. The van der Waals surface area contributed by atoms with E-state index in [0.717, 1.165) is 21.6 Å². The van der Waals surface area contributed by atoms with E-state index in [1.165, 1.54) is 24.3 Å². The summed E-state index contributed by atoms with van der Waals surface area (Å²) in [5.41, 5.74) is 2.72. The summed E-state index contributed by atoms with van der Waals surface area (Å²) in [5, 5.41) is 8.29. The molecule has 0 aliphatic rings. The Morgan fingerprint density at radius 3 is 2.32 bits per heavy atom. The maximum absolute atomic E-state index is 13.5. The fourth-order valence-corrected chi connectivity index (χ4v) is 3.60. The molecule has 0 saturated carbocycles. The molecule has 0 saturated heterocycles. The van der Waals surface area contributed by atoms with Crippen molar-refractivity contribution in [2.45, 2.75) is 31.9 Å². The molecule has 0 spiro atoms. The molecule has 0 radical (unpaired) electrons. The molecule has 0 fully saturated rings. The van der Waals surface area contributed by atoms with Crippen LogP contribution in [-0.2, 0) is 19.3 Å². The van der Waals surface area contributed by atoms with Gasteiger partial charge in [0.25, 0.3) is 5.91 Å². The number of primary amides is 1. The predicted octanol–water partition coefficient (Wildman–Crippen LogP) is 3.46. The number of halogens is 7. The van der Waals surface area contributed by atoms with E-state index in [9.17, 15) is 35.9 Å². The Bertz CT molecular complexity index is 1540. The third-order valence-corrected chi connectivity index (χ3v) is 5.39. The average molecular weight is 561 g/mol. The molecule has 4 rings (SSSR count). The van der Waals surface area contributed by atoms with Gasteiger partial charge in [0.05, 0.1) is 23.9 Å². The quantitative estimate of drug-likeness (QED) is 0.345. The topological polar surface area (TPSA) is 127 Å². The lowest BCUT2D eigenvalue weighted by molar-refractivity contribution is -0.138. The molecule has 3 aromatic heterocycles. The van der Waals surface area contributed by atoms with Crippen molar-refractivity contribution in [3.63, 3.8) is 0 Å². The lowest BCUT2D eigenvalue weighted by Crippen LogP contribution is -2.27. The average Bonchev–Trinajstić information content (AvgIpc) is 3.39. The van der Waals surface area contributed by atoms with Gasteiger partial charge in [0, 0.05) is 23.3 Å². The van der Waals surface area contributed by atoms with E-state index in [2.05, 4.69) is 20.2 Å². The van der Waals surface area contributed by atoms with Gasteiger partial charge in [-0.15, -0.1) is 10.2 Å². The Morgan fingerprint density at radius 2 is 1.71 bits per heavy atom. The summed E-state index contributed by atoms with van der Waals surface area (Å²) >= 11 is 5.86. The second kappa shape index (κ2) is 9.92. The number of benzene rings is 1. The van der Waals surface area contributed by atoms with E-state index in [-0.39, 0.29) is 17.2 Å². The molecule has 0 atom stereocenters. The number of carbonyl (C=O) groups is 1. The van der Waals surface area contributed by atoms with Gasteiger partial charge in [-0.05, 0) is 30.3 Å². The van der Waals surface area contributed by atoms with Crippen LogP contribution >= 0.6 is 11.6 Å². The second-order valence-corrected chi connectivity index (χ2v) is 8.24. The van der Waals surface area contributed by atoms with Gasteiger partial charge in [-0.1, -0.05) is 11.6 Å². The summed E-state index contributed by atoms with van der Waals surface area (Å²) in [4.78, 5) is 32.4. The summed E-state index contributed by atoms with van der Waals surface area (Å²) in [6.45, 7) is -1.37. The number of aromatic nitrogens is 7. The molecule has 17 heteroatoms. The van der Waals surface area contributed by atoms with Crippen LogP contribution in [0.15, 0.2) is 47.5 Å². The third-order valence-electron chi connectivity index (χ3n) is 5.14. The van der Waals surface area contributed by atoms with Crippen molar-refractivity contribution in [2.75, 3.05) is 0 Å². The highest BCUT2D eigenvalue weighted by Gasteiger charge is 2.35. The minimum absolute atomic E-state index is 0.128. The minimum atomic E-state index is -4.85. The Balaban J connectivity index is 1.79. The monoisotopic (exact) mass is 560 g/mol. The number of amides is 1. The molecule has 0 bridgehead atoms. The van der Waals surface area contributed by atoms with Gasteiger partial charge in [-0.25, -0.2) is 19.1 Å².